The van der Waals surface area contributed by atoms with Gasteiger partial charge < -0.3 is 41.3 Å². The minimum atomic E-state index is -0.369. The van der Waals surface area contributed by atoms with Crippen LogP contribution in [0.2, 0.25) is 0 Å². The van der Waals surface area contributed by atoms with Gasteiger partial charge in [-0.1, -0.05) is 43.0 Å². The molecule has 1 aliphatic heterocycles. The average Bonchev–Trinajstić information content (AvgIpc) is 2.96. The highest BCUT2D eigenvalue weighted by atomic mass is 16.5. The van der Waals surface area contributed by atoms with E-state index in [-0.39, 0.29) is 24.7 Å². The maximum absolute atomic E-state index is 13.5. The largest absolute Gasteiger partial charge is 0.380 e. The van der Waals surface area contributed by atoms with Crippen LogP contribution in [-0.4, -0.2) is 69.4 Å². The summed E-state index contributed by atoms with van der Waals surface area (Å²) in [5.74, 6) is 5.66. The minimum Gasteiger partial charge on any atom is -0.380 e. The number of unbranched alkanes of at least 4 members (excludes halogenated alkanes) is 1. The third kappa shape index (κ3) is 11.1. The van der Waals surface area contributed by atoms with Crippen LogP contribution in [0, 0.1) is 0 Å². The van der Waals surface area contributed by atoms with Gasteiger partial charge in [0.2, 0.25) is 11.8 Å². The summed E-state index contributed by atoms with van der Waals surface area (Å²) in [4.78, 5) is 26.4. The molecule has 0 saturated heterocycles. The molecule has 11 nitrogen and oxygen atoms in total. The molecule has 0 radical (unpaired) electrons. The fraction of sp³-hybridized carbons (Fsp3) is 0.467. The van der Waals surface area contributed by atoms with Crippen LogP contribution in [0.15, 0.2) is 66.0 Å². The summed E-state index contributed by atoms with van der Waals surface area (Å²) in [6.07, 6.45) is 7.17. The van der Waals surface area contributed by atoms with Crippen molar-refractivity contribution >= 4 is 17.5 Å². The Hall–Kier alpha value is -3.48. The zero-order valence-corrected chi connectivity index (χ0v) is 24.2. The molecule has 1 heterocycles. The molecule has 2 rings (SSSR count). The predicted molar refractivity (Wildman–Crippen MR) is 160 cm³/mol. The molecular weight excluding hydrogens is 524 g/mol. The molecule has 2 amide bonds. The Bertz CT molecular complexity index is 1080. The van der Waals surface area contributed by atoms with Crippen molar-refractivity contribution in [1.29, 1.82) is 0 Å². The number of rotatable bonds is 20. The molecule has 0 atom stereocenters. The van der Waals surface area contributed by atoms with Gasteiger partial charge in [-0.05, 0) is 31.4 Å². The monoisotopic (exact) mass is 570 g/mol. The quantitative estimate of drug-likeness (QED) is 0.0892. The Morgan fingerprint density at radius 3 is 2.29 bits per heavy atom. The topological polar surface area (TPSA) is 167 Å². The van der Waals surface area contributed by atoms with Gasteiger partial charge in [-0.15, -0.1) is 0 Å². The van der Waals surface area contributed by atoms with Gasteiger partial charge in [0.05, 0.1) is 63.3 Å². The summed E-state index contributed by atoms with van der Waals surface area (Å²) < 4.78 is 16.5. The Kier molecular flexibility index (Phi) is 16.1. The number of allylic oxidation sites excluding steroid dienone is 3. The summed E-state index contributed by atoms with van der Waals surface area (Å²) in [6.45, 7) is 10.1. The first-order valence-corrected chi connectivity index (χ1v) is 14.0. The van der Waals surface area contributed by atoms with Crippen LogP contribution in [-0.2, 0) is 30.3 Å². The highest BCUT2D eigenvalue weighted by Crippen LogP contribution is 2.32. The van der Waals surface area contributed by atoms with E-state index < -0.39 is 0 Å². The number of hydrogen-bond donors (Lipinski definition) is 5. The normalized spacial score (nSPS) is 17.2. The second-order valence-electron chi connectivity index (χ2n) is 9.26. The molecule has 41 heavy (non-hydrogen) atoms. The summed E-state index contributed by atoms with van der Waals surface area (Å²) >= 11 is 0. The van der Waals surface area contributed by atoms with Crippen molar-refractivity contribution in [1.82, 2.24) is 15.6 Å². The smallest absolute Gasteiger partial charge is 0.227 e. The summed E-state index contributed by atoms with van der Waals surface area (Å²) in [7, 11) is 0. The van der Waals surface area contributed by atoms with E-state index >= 15 is 0 Å². The third-order valence-electron chi connectivity index (χ3n) is 6.29. The molecule has 226 valence electrons. The SMILES string of the molecule is C=C/C1=C(\C=C/C)C(/NCCOCCOCCOCCN)=C(/NN)c2ccccc2CN1C(=O)CCCCC(N)=O. The molecule has 0 bridgehead atoms. The number of nitrogens with zero attached hydrogens (tertiary/aromatic N) is 1. The van der Waals surface area contributed by atoms with Gasteiger partial charge in [-0.2, -0.15) is 0 Å². The molecule has 1 aliphatic rings. The zero-order chi connectivity index (χ0) is 29.9. The van der Waals surface area contributed by atoms with Crippen molar-refractivity contribution in [2.45, 2.75) is 39.2 Å². The van der Waals surface area contributed by atoms with Gasteiger partial charge in [-0.25, -0.2) is 0 Å². The first kappa shape index (κ1) is 33.7. The van der Waals surface area contributed by atoms with Crippen molar-refractivity contribution in [3.63, 3.8) is 0 Å². The molecule has 11 heteroatoms. The fourth-order valence-electron chi connectivity index (χ4n) is 4.40. The van der Waals surface area contributed by atoms with E-state index in [1.807, 2.05) is 43.3 Å². The van der Waals surface area contributed by atoms with Crippen LogP contribution in [0.3, 0.4) is 0 Å². The van der Waals surface area contributed by atoms with E-state index in [1.54, 1.807) is 11.0 Å². The van der Waals surface area contributed by atoms with E-state index in [4.69, 9.17) is 31.5 Å². The average molecular weight is 571 g/mol. The number of benzene rings is 1. The van der Waals surface area contributed by atoms with Crippen molar-refractivity contribution in [2.75, 3.05) is 52.7 Å². The standard InChI is InChI=1S/C30H46N6O5/c1-3-9-25-26(4-2)36(28(38)13-8-7-12-27(32)37)22-23-10-5-6-11-24(23)30(35-33)29(25)34-15-17-40-19-21-41-20-18-39-16-14-31/h3-6,9-11,34-35H,2,7-8,12-22,31,33H2,1H3,(H2,32,37)/b9-3-,26-25-,30-29-. The molecule has 0 unspecified atom stereocenters. The number of carbonyl (C=O) groups excluding carboxylic acids is 2. The summed E-state index contributed by atoms with van der Waals surface area (Å²) in [5.41, 5.74) is 18.2. The minimum absolute atomic E-state index is 0.0681. The van der Waals surface area contributed by atoms with Crippen LogP contribution >= 0.6 is 0 Å². The number of fused-ring (bicyclic) bond motifs is 1. The van der Waals surface area contributed by atoms with Crippen LogP contribution < -0.4 is 28.1 Å². The lowest BCUT2D eigenvalue weighted by Crippen LogP contribution is -2.35. The molecule has 1 aromatic rings. The molecule has 0 saturated carbocycles. The van der Waals surface area contributed by atoms with Gasteiger partial charge in [0.25, 0.3) is 0 Å². The number of nitrogens with two attached hydrogens (primary N) is 3. The molecular formula is C30H46N6O5. The molecule has 0 aromatic heterocycles. The van der Waals surface area contributed by atoms with Gasteiger partial charge in [0, 0.05) is 37.1 Å². The highest BCUT2D eigenvalue weighted by Gasteiger charge is 2.27. The lowest BCUT2D eigenvalue weighted by molar-refractivity contribution is -0.130. The van der Waals surface area contributed by atoms with Gasteiger partial charge in [0.15, 0.2) is 0 Å². The van der Waals surface area contributed by atoms with E-state index in [0.29, 0.717) is 83.5 Å². The summed E-state index contributed by atoms with van der Waals surface area (Å²) in [6, 6.07) is 7.81. The van der Waals surface area contributed by atoms with Crippen LogP contribution in [0.1, 0.15) is 43.7 Å². The van der Waals surface area contributed by atoms with Crippen molar-refractivity contribution in [3.05, 3.63) is 77.2 Å². The molecule has 0 spiro atoms. The first-order valence-electron chi connectivity index (χ1n) is 14.0. The number of carbonyl (C=O) groups is 2. The van der Waals surface area contributed by atoms with E-state index in [0.717, 1.165) is 22.4 Å². The number of primary amides is 1. The van der Waals surface area contributed by atoms with E-state index in [2.05, 4.69) is 17.3 Å². The molecule has 8 N–H and O–H groups in total. The number of hydrazine groups is 1. The second-order valence-corrected chi connectivity index (χ2v) is 9.26. The van der Waals surface area contributed by atoms with Gasteiger partial charge >= 0.3 is 0 Å². The number of ether oxygens (including phenoxy) is 3. The predicted octanol–water partition coefficient (Wildman–Crippen LogP) is 1.82. The Balaban J connectivity index is 2.26. The number of hydrogen-bond acceptors (Lipinski definition) is 9. The Morgan fingerprint density at radius 1 is 1.00 bits per heavy atom. The fourth-order valence-corrected chi connectivity index (χ4v) is 4.40. The highest BCUT2D eigenvalue weighted by molar-refractivity contribution is 5.82. The summed E-state index contributed by atoms with van der Waals surface area (Å²) in [5, 5.41) is 3.47. The maximum atomic E-state index is 13.5. The second kappa shape index (κ2) is 19.6. The van der Waals surface area contributed by atoms with E-state index in [1.165, 1.54) is 0 Å². The van der Waals surface area contributed by atoms with Crippen molar-refractivity contribution < 1.29 is 23.8 Å². The van der Waals surface area contributed by atoms with Crippen LogP contribution in [0.4, 0.5) is 0 Å². The van der Waals surface area contributed by atoms with Crippen LogP contribution in [0.5, 0.6) is 0 Å². The molecule has 0 fully saturated rings. The number of nitrogens with one attached hydrogen (secondary N) is 2. The van der Waals surface area contributed by atoms with Crippen molar-refractivity contribution in [2.24, 2.45) is 17.3 Å². The molecule has 0 aliphatic carbocycles. The number of amides is 2. The zero-order valence-electron chi connectivity index (χ0n) is 24.2. The lowest BCUT2D eigenvalue weighted by atomic mass is 9.95. The van der Waals surface area contributed by atoms with Crippen LogP contribution in [0.25, 0.3) is 5.70 Å². The lowest BCUT2D eigenvalue weighted by Gasteiger charge is -2.31. The van der Waals surface area contributed by atoms with Gasteiger partial charge in [0.1, 0.15) is 0 Å². The van der Waals surface area contributed by atoms with E-state index in [9.17, 15) is 9.59 Å². The Labute approximate surface area is 243 Å². The first-order chi connectivity index (χ1) is 20.0. The van der Waals surface area contributed by atoms with Gasteiger partial charge in [-0.3, -0.25) is 15.4 Å². The van der Waals surface area contributed by atoms with Crippen molar-refractivity contribution in [3.8, 4) is 0 Å². The Morgan fingerprint density at radius 2 is 1.66 bits per heavy atom. The third-order valence-corrected chi connectivity index (χ3v) is 6.29. The molecule has 1 aromatic carbocycles. The maximum Gasteiger partial charge on any atom is 0.227 e.